The molecular weight excluding hydrogens is 234 g/mol. The zero-order chi connectivity index (χ0) is 12.7. The molecule has 6 heteroatoms. The number of hydrogen-bond donors (Lipinski definition) is 2. The molecule has 18 heavy (non-hydrogen) atoms. The highest BCUT2D eigenvalue weighted by Crippen LogP contribution is 2.22. The normalized spacial score (nSPS) is 22.3. The Bertz CT molecular complexity index is 520. The summed E-state index contributed by atoms with van der Waals surface area (Å²) in [5.41, 5.74) is 6.07. The maximum Gasteiger partial charge on any atom is 0.261 e. The summed E-state index contributed by atoms with van der Waals surface area (Å²) >= 11 is 0. The fourth-order valence-electron chi connectivity index (χ4n) is 2.24. The molecule has 2 aliphatic rings. The highest BCUT2D eigenvalue weighted by atomic mass is 16.2. The fourth-order valence-corrected chi connectivity index (χ4v) is 2.24. The number of carbonyl (C=O) groups excluding carboxylic acids is 3. The van der Waals surface area contributed by atoms with E-state index in [9.17, 15) is 14.4 Å². The Morgan fingerprint density at radius 3 is 2.22 bits per heavy atom. The van der Waals surface area contributed by atoms with E-state index in [1.807, 2.05) is 0 Å². The highest BCUT2D eigenvalue weighted by molar-refractivity contribution is 6.21. The molecule has 6 nitrogen and oxygen atoms in total. The quantitative estimate of drug-likeness (QED) is 0.700. The van der Waals surface area contributed by atoms with Crippen molar-refractivity contribution in [2.45, 2.75) is 12.5 Å². The first-order chi connectivity index (χ1) is 8.66. The van der Waals surface area contributed by atoms with Gasteiger partial charge in [0.2, 0.25) is 5.91 Å². The van der Waals surface area contributed by atoms with Crippen LogP contribution in [-0.2, 0) is 4.79 Å². The van der Waals surface area contributed by atoms with Gasteiger partial charge in [0.05, 0.1) is 17.2 Å². The number of rotatable bonds is 2. The number of carbonyl (C=O) groups is 3. The predicted molar refractivity (Wildman–Crippen MR) is 61.5 cm³/mol. The number of benzene rings is 1. The monoisotopic (exact) mass is 245 g/mol. The number of hydrogen-bond acceptors (Lipinski definition) is 4. The lowest BCUT2D eigenvalue weighted by Crippen LogP contribution is -2.42. The topological polar surface area (TPSA) is 78.5 Å². The van der Waals surface area contributed by atoms with E-state index >= 15 is 0 Å². The van der Waals surface area contributed by atoms with Crippen LogP contribution in [0.2, 0.25) is 0 Å². The van der Waals surface area contributed by atoms with Gasteiger partial charge in [-0.05, 0) is 12.1 Å². The second kappa shape index (κ2) is 3.92. The summed E-state index contributed by atoms with van der Waals surface area (Å²) in [6.45, 7) is 0.199. The smallest absolute Gasteiger partial charge is 0.261 e. The molecule has 1 aromatic rings. The molecule has 2 heterocycles. The lowest BCUT2D eigenvalue weighted by atomic mass is 10.1. The molecule has 3 amide bonds. The van der Waals surface area contributed by atoms with E-state index in [0.717, 1.165) is 0 Å². The molecule has 92 valence electrons. The van der Waals surface area contributed by atoms with Gasteiger partial charge in [-0.15, -0.1) is 0 Å². The first-order valence-corrected chi connectivity index (χ1v) is 5.66. The molecule has 1 aromatic carbocycles. The molecule has 2 aliphatic heterocycles. The van der Waals surface area contributed by atoms with Crippen LogP contribution in [0.15, 0.2) is 24.3 Å². The zero-order valence-corrected chi connectivity index (χ0v) is 9.47. The molecule has 0 aromatic heterocycles. The van der Waals surface area contributed by atoms with Gasteiger partial charge in [0.25, 0.3) is 11.8 Å². The van der Waals surface area contributed by atoms with Crippen LogP contribution in [0, 0.1) is 0 Å². The number of hydrazine groups is 1. The summed E-state index contributed by atoms with van der Waals surface area (Å²) in [5, 5.41) is 0. The average Bonchev–Trinajstić information content (AvgIpc) is 2.88. The Labute approximate surface area is 103 Å². The third-order valence-corrected chi connectivity index (χ3v) is 3.13. The molecular formula is C12H11N3O3. The summed E-state index contributed by atoms with van der Waals surface area (Å²) in [5.74, 6) is -0.717. The van der Waals surface area contributed by atoms with Crippen LogP contribution < -0.4 is 10.9 Å². The van der Waals surface area contributed by atoms with Crippen molar-refractivity contribution >= 4 is 17.7 Å². The van der Waals surface area contributed by atoms with Gasteiger partial charge < -0.3 is 0 Å². The van der Waals surface area contributed by atoms with E-state index in [1.165, 1.54) is 4.90 Å². The van der Waals surface area contributed by atoms with Gasteiger partial charge in [0, 0.05) is 13.0 Å². The molecule has 0 bridgehead atoms. The number of nitrogens with zero attached hydrogens (tertiary/aromatic N) is 1. The van der Waals surface area contributed by atoms with Crippen LogP contribution in [0.5, 0.6) is 0 Å². The number of imide groups is 1. The second-order valence-corrected chi connectivity index (χ2v) is 4.36. The van der Waals surface area contributed by atoms with Gasteiger partial charge in [0.15, 0.2) is 0 Å². The Morgan fingerprint density at radius 2 is 1.72 bits per heavy atom. The molecule has 1 fully saturated rings. The molecule has 0 saturated carbocycles. The lowest BCUT2D eigenvalue weighted by Gasteiger charge is -2.17. The Balaban J connectivity index is 1.82. The minimum absolute atomic E-state index is 0.128. The Morgan fingerprint density at radius 1 is 1.11 bits per heavy atom. The van der Waals surface area contributed by atoms with E-state index in [1.54, 1.807) is 24.3 Å². The van der Waals surface area contributed by atoms with Gasteiger partial charge in [-0.25, -0.2) is 5.43 Å². The third kappa shape index (κ3) is 1.58. The summed E-state index contributed by atoms with van der Waals surface area (Å²) in [7, 11) is 0. The second-order valence-electron chi connectivity index (χ2n) is 4.36. The zero-order valence-electron chi connectivity index (χ0n) is 9.47. The third-order valence-electron chi connectivity index (χ3n) is 3.13. The average molecular weight is 245 g/mol. The Hall–Kier alpha value is -2.21. The maximum atomic E-state index is 12.0. The first kappa shape index (κ1) is 10.9. The van der Waals surface area contributed by atoms with Gasteiger partial charge in [0.1, 0.15) is 0 Å². The molecule has 1 atom stereocenters. The van der Waals surface area contributed by atoms with Crippen molar-refractivity contribution in [1.82, 2.24) is 15.8 Å². The molecule has 0 radical (unpaired) electrons. The van der Waals surface area contributed by atoms with Crippen LogP contribution in [0.4, 0.5) is 0 Å². The van der Waals surface area contributed by atoms with Crippen molar-refractivity contribution in [2.75, 3.05) is 6.54 Å². The maximum absolute atomic E-state index is 12.0. The summed E-state index contributed by atoms with van der Waals surface area (Å²) in [6.07, 6.45) is 0.271. The van der Waals surface area contributed by atoms with Crippen molar-refractivity contribution in [1.29, 1.82) is 0 Å². The number of nitrogens with one attached hydrogen (secondary N) is 2. The van der Waals surface area contributed by atoms with Gasteiger partial charge >= 0.3 is 0 Å². The van der Waals surface area contributed by atoms with Crippen LogP contribution in [0.3, 0.4) is 0 Å². The minimum atomic E-state index is -0.295. The van der Waals surface area contributed by atoms with Crippen molar-refractivity contribution < 1.29 is 14.4 Å². The molecule has 0 spiro atoms. The standard InChI is InChI=1S/C12H11N3O3/c16-10-5-7(13-14-10)6-15-11(17)8-3-1-2-4-9(8)12(15)18/h1-4,7,13H,5-6H2,(H,14,16). The van der Waals surface area contributed by atoms with Crippen LogP contribution in [0.1, 0.15) is 27.1 Å². The molecule has 0 aliphatic carbocycles. The number of fused-ring (bicyclic) bond motifs is 1. The fraction of sp³-hybridized carbons (Fsp3) is 0.250. The largest absolute Gasteiger partial charge is 0.291 e. The van der Waals surface area contributed by atoms with Crippen LogP contribution in [-0.4, -0.2) is 35.2 Å². The summed E-state index contributed by atoms with van der Waals surface area (Å²) in [6, 6.07) is 6.51. The lowest BCUT2D eigenvalue weighted by molar-refractivity contribution is -0.119. The molecule has 1 unspecified atom stereocenters. The SMILES string of the molecule is O=C1CC(CN2C(=O)c3ccccc3C2=O)NN1. The van der Waals surface area contributed by atoms with E-state index < -0.39 is 0 Å². The highest BCUT2D eigenvalue weighted by Gasteiger charge is 2.37. The van der Waals surface area contributed by atoms with Crippen molar-refractivity contribution in [3.63, 3.8) is 0 Å². The Kier molecular flexibility index (Phi) is 2.38. The molecule has 2 N–H and O–H groups in total. The van der Waals surface area contributed by atoms with Crippen molar-refractivity contribution in [2.24, 2.45) is 0 Å². The van der Waals surface area contributed by atoms with Crippen LogP contribution >= 0.6 is 0 Å². The molecule has 3 rings (SSSR count). The van der Waals surface area contributed by atoms with Gasteiger partial charge in [-0.2, -0.15) is 0 Å². The van der Waals surface area contributed by atoms with Crippen LogP contribution in [0.25, 0.3) is 0 Å². The predicted octanol–water partition coefficient (Wildman–Crippen LogP) is -0.324. The summed E-state index contributed by atoms with van der Waals surface area (Å²) in [4.78, 5) is 36.3. The van der Waals surface area contributed by atoms with E-state index in [0.29, 0.717) is 11.1 Å². The minimum Gasteiger partial charge on any atom is -0.291 e. The van der Waals surface area contributed by atoms with E-state index in [2.05, 4.69) is 10.9 Å². The first-order valence-electron chi connectivity index (χ1n) is 5.66. The van der Waals surface area contributed by atoms with E-state index in [-0.39, 0.29) is 36.7 Å². The van der Waals surface area contributed by atoms with Crippen molar-refractivity contribution in [3.8, 4) is 0 Å². The number of amides is 3. The summed E-state index contributed by atoms with van der Waals surface area (Å²) < 4.78 is 0. The van der Waals surface area contributed by atoms with E-state index in [4.69, 9.17) is 0 Å². The van der Waals surface area contributed by atoms with Gasteiger partial charge in [-0.1, -0.05) is 12.1 Å². The van der Waals surface area contributed by atoms with Crippen molar-refractivity contribution in [3.05, 3.63) is 35.4 Å². The van der Waals surface area contributed by atoms with Gasteiger partial charge in [-0.3, -0.25) is 24.7 Å². The molecule has 1 saturated heterocycles.